The summed E-state index contributed by atoms with van der Waals surface area (Å²) in [5.74, 6) is 0. The van der Waals surface area contributed by atoms with Crippen LogP contribution in [0.4, 0.5) is 0 Å². The Hall–Kier alpha value is -1.31. The maximum atomic E-state index is 4.06. The van der Waals surface area contributed by atoms with Crippen molar-refractivity contribution in [3.63, 3.8) is 0 Å². The number of nitrogens with one attached hydrogen (secondary N) is 1. The number of nitrogens with zero attached hydrogens (tertiary/aromatic N) is 1. The second-order valence-electron chi connectivity index (χ2n) is 2.58. The molecule has 1 aromatic rings. The molecule has 0 aliphatic rings. The van der Waals surface area contributed by atoms with Crippen molar-refractivity contribution in [1.82, 2.24) is 5.43 Å². The van der Waals surface area contributed by atoms with E-state index < -0.39 is 0 Å². The Morgan fingerprint density at radius 1 is 1.33 bits per heavy atom. The third-order valence-corrected chi connectivity index (χ3v) is 1.47. The monoisotopic (exact) mass is 162 g/mol. The van der Waals surface area contributed by atoms with E-state index in [4.69, 9.17) is 0 Å². The van der Waals surface area contributed by atoms with Crippen molar-refractivity contribution in [2.45, 2.75) is 13.3 Å². The lowest BCUT2D eigenvalue weighted by Gasteiger charge is -1.94. The summed E-state index contributed by atoms with van der Waals surface area (Å²) in [5.41, 5.74) is 4.08. The van der Waals surface area contributed by atoms with Crippen molar-refractivity contribution in [1.29, 1.82) is 0 Å². The molecule has 0 unspecified atom stereocenters. The quantitative estimate of drug-likeness (QED) is 0.409. The average Bonchev–Trinajstić information content (AvgIpc) is 2.14. The molecule has 0 saturated heterocycles. The van der Waals surface area contributed by atoms with E-state index >= 15 is 0 Å². The molecule has 0 radical (unpaired) electrons. The predicted octanol–water partition coefficient (Wildman–Crippen LogP) is 2.02. The zero-order valence-corrected chi connectivity index (χ0v) is 7.33. The molecule has 0 heterocycles. The molecule has 0 fully saturated rings. The van der Waals surface area contributed by atoms with Crippen LogP contribution in [0.25, 0.3) is 0 Å². The Kier molecular flexibility index (Phi) is 3.92. The summed E-state index contributed by atoms with van der Waals surface area (Å²) in [6.45, 7) is 3.05. The van der Waals surface area contributed by atoms with E-state index in [1.807, 2.05) is 36.5 Å². The number of hydrogen-bond donors (Lipinski definition) is 1. The first-order valence-corrected chi connectivity index (χ1v) is 4.24. The summed E-state index contributed by atoms with van der Waals surface area (Å²) in [7, 11) is 0. The summed E-state index contributed by atoms with van der Waals surface area (Å²) in [5, 5.41) is 4.06. The zero-order chi connectivity index (χ0) is 8.65. The van der Waals surface area contributed by atoms with E-state index in [0.717, 1.165) is 18.5 Å². The van der Waals surface area contributed by atoms with Gasteiger partial charge in [-0.2, -0.15) is 5.10 Å². The molecule has 0 aromatic heterocycles. The van der Waals surface area contributed by atoms with Crippen LogP contribution in [0.3, 0.4) is 0 Å². The van der Waals surface area contributed by atoms with E-state index in [1.165, 1.54) is 0 Å². The van der Waals surface area contributed by atoms with Gasteiger partial charge < -0.3 is 5.43 Å². The average molecular weight is 162 g/mol. The fourth-order valence-corrected chi connectivity index (χ4v) is 0.836. The summed E-state index contributed by atoms with van der Waals surface area (Å²) >= 11 is 0. The van der Waals surface area contributed by atoms with Crippen molar-refractivity contribution in [3.05, 3.63) is 35.9 Å². The molecule has 0 spiro atoms. The fourth-order valence-electron chi connectivity index (χ4n) is 0.836. The maximum Gasteiger partial charge on any atom is 0.0540 e. The minimum atomic E-state index is 0.934. The molecule has 1 rings (SSSR count). The summed E-state index contributed by atoms with van der Waals surface area (Å²) in [4.78, 5) is 0. The number of rotatable bonds is 4. The third kappa shape index (κ3) is 3.19. The Balaban J connectivity index is 2.36. The summed E-state index contributed by atoms with van der Waals surface area (Å²) in [6, 6.07) is 10.0. The van der Waals surface area contributed by atoms with E-state index in [-0.39, 0.29) is 0 Å². The van der Waals surface area contributed by atoms with Gasteiger partial charge in [0.25, 0.3) is 0 Å². The molecule has 0 bridgehead atoms. The Morgan fingerprint density at radius 2 is 2.08 bits per heavy atom. The van der Waals surface area contributed by atoms with Crippen LogP contribution in [0.2, 0.25) is 0 Å². The highest BCUT2D eigenvalue weighted by Crippen LogP contribution is 1.92. The molecule has 0 aliphatic carbocycles. The van der Waals surface area contributed by atoms with Gasteiger partial charge in [0.2, 0.25) is 0 Å². The van der Waals surface area contributed by atoms with E-state index in [0.29, 0.717) is 0 Å². The second-order valence-corrected chi connectivity index (χ2v) is 2.58. The van der Waals surface area contributed by atoms with Crippen LogP contribution in [0.15, 0.2) is 35.4 Å². The van der Waals surface area contributed by atoms with Crippen LogP contribution in [0.5, 0.6) is 0 Å². The molecule has 1 aromatic carbocycles. The van der Waals surface area contributed by atoms with Crippen LogP contribution in [0.1, 0.15) is 18.9 Å². The zero-order valence-electron chi connectivity index (χ0n) is 7.33. The van der Waals surface area contributed by atoms with Crippen molar-refractivity contribution in [2.75, 3.05) is 6.54 Å². The fraction of sp³-hybridized carbons (Fsp3) is 0.300. The Labute approximate surface area is 73.3 Å². The highest BCUT2D eigenvalue weighted by molar-refractivity contribution is 5.79. The molecule has 0 amide bonds. The van der Waals surface area contributed by atoms with Gasteiger partial charge in [-0.3, -0.25) is 0 Å². The number of hydrazone groups is 1. The Bertz CT molecular complexity index is 229. The minimum Gasteiger partial charge on any atom is -0.310 e. The van der Waals surface area contributed by atoms with Gasteiger partial charge in [-0.1, -0.05) is 37.3 Å². The van der Waals surface area contributed by atoms with Crippen LogP contribution < -0.4 is 5.43 Å². The highest BCUT2D eigenvalue weighted by Gasteiger charge is 1.81. The number of benzene rings is 1. The molecule has 2 heteroatoms. The SMILES string of the molecule is CCCN/N=C\c1ccccc1. The largest absolute Gasteiger partial charge is 0.310 e. The van der Waals surface area contributed by atoms with Crippen LogP contribution >= 0.6 is 0 Å². The first-order valence-electron chi connectivity index (χ1n) is 4.24. The normalized spacial score (nSPS) is 10.4. The van der Waals surface area contributed by atoms with Crippen LogP contribution in [-0.2, 0) is 0 Å². The lowest BCUT2D eigenvalue weighted by atomic mass is 10.2. The van der Waals surface area contributed by atoms with Gasteiger partial charge in [-0.05, 0) is 12.0 Å². The highest BCUT2D eigenvalue weighted by atomic mass is 15.3. The lowest BCUT2D eigenvalue weighted by molar-refractivity contribution is 0.719. The van der Waals surface area contributed by atoms with Crippen molar-refractivity contribution in [3.8, 4) is 0 Å². The molecule has 0 aliphatic heterocycles. The Morgan fingerprint density at radius 3 is 2.75 bits per heavy atom. The van der Waals surface area contributed by atoms with Crippen molar-refractivity contribution < 1.29 is 0 Å². The van der Waals surface area contributed by atoms with Gasteiger partial charge >= 0.3 is 0 Å². The standard InChI is InChI=1S/C10H14N2/c1-2-8-11-12-9-10-6-4-3-5-7-10/h3-7,9,11H,2,8H2,1H3/b12-9-. The molecule has 1 N–H and O–H groups in total. The second kappa shape index (κ2) is 5.35. The summed E-state index contributed by atoms with van der Waals surface area (Å²) in [6.07, 6.45) is 2.93. The van der Waals surface area contributed by atoms with Gasteiger partial charge in [0.05, 0.1) is 6.21 Å². The molecule has 0 saturated carbocycles. The molecule has 12 heavy (non-hydrogen) atoms. The minimum absolute atomic E-state index is 0.934. The van der Waals surface area contributed by atoms with Gasteiger partial charge in [-0.25, -0.2) is 0 Å². The van der Waals surface area contributed by atoms with Crippen molar-refractivity contribution in [2.24, 2.45) is 5.10 Å². The van der Waals surface area contributed by atoms with Gasteiger partial charge in [0.15, 0.2) is 0 Å². The third-order valence-electron chi connectivity index (χ3n) is 1.47. The van der Waals surface area contributed by atoms with Crippen LogP contribution in [0, 0.1) is 0 Å². The predicted molar refractivity (Wildman–Crippen MR) is 52.3 cm³/mol. The van der Waals surface area contributed by atoms with E-state index in [2.05, 4.69) is 17.5 Å². The topological polar surface area (TPSA) is 24.4 Å². The van der Waals surface area contributed by atoms with Crippen LogP contribution in [-0.4, -0.2) is 12.8 Å². The first kappa shape index (κ1) is 8.78. The lowest BCUT2D eigenvalue weighted by Crippen LogP contribution is -2.05. The van der Waals surface area contributed by atoms with E-state index in [1.54, 1.807) is 0 Å². The van der Waals surface area contributed by atoms with Gasteiger partial charge in [-0.15, -0.1) is 0 Å². The molecule has 2 nitrogen and oxygen atoms in total. The van der Waals surface area contributed by atoms with E-state index in [9.17, 15) is 0 Å². The number of hydrogen-bond acceptors (Lipinski definition) is 2. The molecular weight excluding hydrogens is 148 g/mol. The molecule has 0 atom stereocenters. The van der Waals surface area contributed by atoms with Crippen molar-refractivity contribution >= 4 is 6.21 Å². The maximum absolute atomic E-state index is 4.06. The summed E-state index contributed by atoms with van der Waals surface area (Å²) < 4.78 is 0. The molecule has 64 valence electrons. The molecular formula is C10H14N2. The van der Waals surface area contributed by atoms with Gasteiger partial charge in [0, 0.05) is 6.54 Å². The smallest absolute Gasteiger partial charge is 0.0540 e. The van der Waals surface area contributed by atoms with Gasteiger partial charge in [0.1, 0.15) is 0 Å². The first-order chi connectivity index (χ1) is 5.93.